The zero-order chi connectivity index (χ0) is 25.9. The second-order valence-corrected chi connectivity index (χ2v) is 8.23. The largest absolute Gasteiger partial charge is 0.496 e. The van der Waals surface area contributed by atoms with E-state index in [-0.39, 0.29) is 17.3 Å². The molecule has 7 heteroatoms. The molecule has 0 atom stereocenters. The molecule has 0 aliphatic carbocycles. The lowest BCUT2D eigenvalue weighted by Crippen LogP contribution is -2.09. The van der Waals surface area contributed by atoms with Gasteiger partial charge in [-0.1, -0.05) is 30.4 Å². The highest BCUT2D eigenvalue weighted by molar-refractivity contribution is 6.12. The summed E-state index contributed by atoms with van der Waals surface area (Å²) in [5.41, 5.74) is 2.14. The molecule has 0 radical (unpaired) electrons. The van der Waals surface area contributed by atoms with Crippen LogP contribution in [-0.2, 0) is 0 Å². The molecule has 0 unspecified atom stereocenters. The van der Waals surface area contributed by atoms with Crippen LogP contribution in [0.15, 0.2) is 83.0 Å². The number of furan rings is 1. The lowest BCUT2D eigenvalue weighted by atomic mass is 10.1. The number of esters is 1. The summed E-state index contributed by atoms with van der Waals surface area (Å²) in [6.07, 6.45) is 5.14. The first-order chi connectivity index (χ1) is 18.0. The standard InChI is InChI=1S/C30H24O7/c1-4-34-20-13-15-25-23(16-20)28(18(2)35-25)30(32)36-21-12-14-22-27(17-21)37-26(29(22)31)11-7-9-19-8-5-6-10-24(19)33-3/h5-17H,4H2,1-3H3/b9-7+,26-11-. The summed E-state index contributed by atoms with van der Waals surface area (Å²) in [5.74, 6) is 1.70. The Kier molecular flexibility index (Phi) is 6.51. The quantitative estimate of drug-likeness (QED) is 0.163. The summed E-state index contributed by atoms with van der Waals surface area (Å²) in [7, 11) is 1.60. The van der Waals surface area contributed by atoms with E-state index >= 15 is 0 Å². The molecule has 0 fully saturated rings. The molecule has 186 valence electrons. The average Bonchev–Trinajstić information content (AvgIpc) is 3.39. The Balaban J connectivity index is 1.35. The molecule has 7 nitrogen and oxygen atoms in total. The fourth-order valence-electron chi connectivity index (χ4n) is 4.16. The van der Waals surface area contributed by atoms with Crippen molar-refractivity contribution in [3.63, 3.8) is 0 Å². The maximum atomic E-state index is 13.1. The molecule has 0 saturated heterocycles. The van der Waals surface area contributed by atoms with Gasteiger partial charge in [-0.15, -0.1) is 0 Å². The van der Waals surface area contributed by atoms with Crippen LogP contribution in [0.5, 0.6) is 23.0 Å². The number of ketones is 1. The van der Waals surface area contributed by atoms with Gasteiger partial charge in [0.25, 0.3) is 0 Å². The predicted octanol–water partition coefficient (Wildman–Crippen LogP) is 6.54. The minimum Gasteiger partial charge on any atom is -0.496 e. The van der Waals surface area contributed by atoms with Crippen molar-refractivity contribution in [2.75, 3.05) is 13.7 Å². The highest BCUT2D eigenvalue weighted by atomic mass is 16.5. The van der Waals surface area contributed by atoms with Crippen LogP contribution in [0, 0.1) is 6.92 Å². The summed E-state index contributed by atoms with van der Waals surface area (Å²) < 4.78 is 28.0. The molecule has 3 aromatic carbocycles. The second-order valence-electron chi connectivity index (χ2n) is 8.23. The van der Waals surface area contributed by atoms with Gasteiger partial charge in [-0.3, -0.25) is 4.79 Å². The van der Waals surface area contributed by atoms with Crippen LogP contribution >= 0.6 is 0 Å². The first kappa shape index (κ1) is 23.9. The van der Waals surface area contributed by atoms with E-state index < -0.39 is 5.97 Å². The minimum atomic E-state index is -0.579. The summed E-state index contributed by atoms with van der Waals surface area (Å²) in [6.45, 7) is 4.09. The molecule has 1 aliphatic heterocycles. The van der Waals surface area contributed by atoms with Crippen LogP contribution in [0.2, 0.25) is 0 Å². The van der Waals surface area contributed by atoms with Crippen molar-refractivity contribution in [1.29, 1.82) is 0 Å². The van der Waals surface area contributed by atoms with E-state index in [1.165, 1.54) is 6.07 Å². The van der Waals surface area contributed by atoms with E-state index in [2.05, 4.69) is 0 Å². The molecule has 0 N–H and O–H groups in total. The number of Topliss-reactive ketones (excluding diaryl/α,β-unsaturated/α-hetero) is 1. The fourth-order valence-corrected chi connectivity index (χ4v) is 4.16. The Bertz CT molecular complexity index is 1570. The van der Waals surface area contributed by atoms with E-state index in [1.807, 2.05) is 37.3 Å². The number of rotatable bonds is 7. The Labute approximate surface area is 213 Å². The van der Waals surface area contributed by atoms with Gasteiger partial charge in [0.05, 0.1) is 19.3 Å². The van der Waals surface area contributed by atoms with Gasteiger partial charge in [-0.2, -0.15) is 0 Å². The van der Waals surface area contributed by atoms with Crippen molar-refractivity contribution >= 4 is 28.8 Å². The Hall–Kier alpha value is -4.78. The van der Waals surface area contributed by atoms with Gasteiger partial charge in [0, 0.05) is 17.0 Å². The Morgan fingerprint density at radius 1 is 1.03 bits per heavy atom. The third-order valence-electron chi connectivity index (χ3n) is 5.86. The highest BCUT2D eigenvalue weighted by Crippen LogP contribution is 2.35. The van der Waals surface area contributed by atoms with E-state index in [1.54, 1.807) is 56.5 Å². The van der Waals surface area contributed by atoms with Gasteiger partial charge >= 0.3 is 5.97 Å². The van der Waals surface area contributed by atoms with Crippen LogP contribution in [-0.4, -0.2) is 25.5 Å². The van der Waals surface area contributed by atoms with E-state index in [4.69, 9.17) is 23.4 Å². The fraction of sp³-hybridized carbons (Fsp3) is 0.133. The van der Waals surface area contributed by atoms with Crippen LogP contribution in [0.25, 0.3) is 17.0 Å². The smallest absolute Gasteiger partial charge is 0.347 e. The van der Waals surface area contributed by atoms with Gasteiger partial charge in [0.15, 0.2) is 5.76 Å². The summed E-state index contributed by atoms with van der Waals surface area (Å²) in [4.78, 5) is 25.8. The molecule has 1 aliphatic rings. The van der Waals surface area contributed by atoms with E-state index in [0.29, 0.717) is 46.0 Å². The molecule has 0 saturated carbocycles. The Morgan fingerprint density at radius 2 is 1.84 bits per heavy atom. The monoisotopic (exact) mass is 496 g/mol. The molecule has 4 aromatic rings. The average molecular weight is 497 g/mol. The number of carbonyl (C=O) groups excluding carboxylic acids is 2. The zero-order valence-electron chi connectivity index (χ0n) is 20.6. The van der Waals surface area contributed by atoms with Crippen molar-refractivity contribution in [2.24, 2.45) is 0 Å². The number of benzene rings is 3. The molecule has 0 spiro atoms. The van der Waals surface area contributed by atoms with Gasteiger partial charge in [-0.05, 0) is 56.3 Å². The number of fused-ring (bicyclic) bond motifs is 2. The topological polar surface area (TPSA) is 84.2 Å². The van der Waals surface area contributed by atoms with Gasteiger partial charge < -0.3 is 23.4 Å². The third-order valence-corrected chi connectivity index (χ3v) is 5.86. The van der Waals surface area contributed by atoms with Crippen LogP contribution < -0.4 is 18.9 Å². The summed E-state index contributed by atoms with van der Waals surface area (Å²) >= 11 is 0. The highest BCUT2D eigenvalue weighted by Gasteiger charge is 2.28. The number of hydrogen-bond acceptors (Lipinski definition) is 7. The van der Waals surface area contributed by atoms with Crippen LogP contribution in [0.3, 0.4) is 0 Å². The minimum absolute atomic E-state index is 0.171. The number of carbonyl (C=O) groups is 2. The number of methoxy groups -OCH3 is 1. The van der Waals surface area contributed by atoms with Gasteiger partial charge in [0.2, 0.25) is 5.78 Å². The predicted molar refractivity (Wildman–Crippen MR) is 139 cm³/mol. The SMILES string of the molecule is CCOc1ccc2oc(C)c(C(=O)Oc3ccc4c(c3)O/C(=C\C=C\c3ccccc3OC)C4=O)c2c1. The molecular formula is C30H24O7. The van der Waals surface area contributed by atoms with Crippen molar-refractivity contribution in [1.82, 2.24) is 0 Å². The number of ether oxygens (including phenoxy) is 4. The zero-order valence-corrected chi connectivity index (χ0v) is 20.6. The Morgan fingerprint density at radius 3 is 2.65 bits per heavy atom. The maximum Gasteiger partial charge on any atom is 0.347 e. The van der Waals surface area contributed by atoms with E-state index in [0.717, 1.165) is 11.3 Å². The van der Waals surface area contributed by atoms with Gasteiger partial charge in [-0.25, -0.2) is 4.79 Å². The summed E-state index contributed by atoms with van der Waals surface area (Å²) in [6, 6.07) is 17.5. The third kappa shape index (κ3) is 4.71. The van der Waals surface area contributed by atoms with Crippen molar-refractivity contribution in [3.8, 4) is 23.0 Å². The van der Waals surface area contributed by atoms with Crippen molar-refractivity contribution < 1.29 is 33.0 Å². The number of aryl methyl sites for hydroxylation is 1. The lowest BCUT2D eigenvalue weighted by Gasteiger charge is -2.06. The molecule has 2 heterocycles. The molecule has 0 bridgehead atoms. The van der Waals surface area contributed by atoms with Crippen LogP contribution in [0.4, 0.5) is 0 Å². The second kappa shape index (κ2) is 10.1. The molecular weight excluding hydrogens is 472 g/mol. The van der Waals surface area contributed by atoms with Crippen LogP contribution in [0.1, 0.15) is 39.0 Å². The number of hydrogen-bond donors (Lipinski definition) is 0. The number of para-hydroxylation sites is 1. The van der Waals surface area contributed by atoms with Crippen molar-refractivity contribution in [3.05, 3.63) is 101 Å². The van der Waals surface area contributed by atoms with E-state index in [9.17, 15) is 9.59 Å². The number of allylic oxidation sites excluding steroid dienone is 3. The molecule has 0 amide bonds. The normalized spacial score (nSPS) is 13.7. The first-order valence-corrected chi connectivity index (χ1v) is 11.7. The summed E-state index contributed by atoms with van der Waals surface area (Å²) in [5, 5.41) is 0.605. The molecule has 5 rings (SSSR count). The van der Waals surface area contributed by atoms with Gasteiger partial charge in [0.1, 0.15) is 39.9 Å². The molecule has 37 heavy (non-hydrogen) atoms. The first-order valence-electron chi connectivity index (χ1n) is 11.7. The van der Waals surface area contributed by atoms with Crippen molar-refractivity contribution in [2.45, 2.75) is 13.8 Å². The molecule has 1 aromatic heterocycles. The lowest BCUT2D eigenvalue weighted by molar-refractivity contribution is 0.0734. The maximum absolute atomic E-state index is 13.1.